The molecular weight excluding hydrogens is 248 g/mol. The third-order valence-corrected chi connectivity index (χ3v) is 4.27. The van der Waals surface area contributed by atoms with E-state index >= 15 is 0 Å². The molecule has 1 fully saturated rings. The molecule has 2 rings (SSSR count). The van der Waals surface area contributed by atoms with Crippen LogP contribution in [0.5, 0.6) is 0 Å². The molecule has 3 heteroatoms. The number of hydrogen-bond acceptors (Lipinski definition) is 2. The van der Waals surface area contributed by atoms with E-state index in [-0.39, 0.29) is 5.91 Å². The topological polar surface area (TPSA) is 23.6 Å². The smallest absolute Gasteiger partial charge is 0.236 e. The van der Waals surface area contributed by atoms with E-state index in [0.29, 0.717) is 19.1 Å². The van der Waals surface area contributed by atoms with Crippen LogP contribution in [0.2, 0.25) is 0 Å². The zero-order valence-corrected chi connectivity index (χ0v) is 12.7. The summed E-state index contributed by atoms with van der Waals surface area (Å²) in [6, 6.07) is 10.8. The van der Waals surface area contributed by atoms with Crippen LogP contribution in [0.15, 0.2) is 30.3 Å². The molecule has 0 saturated heterocycles. The van der Waals surface area contributed by atoms with Gasteiger partial charge in [0.15, 0.2) is 0 Å². The number of nitrogens with zero attached hydrogens (tertiary/aromatic N) is 2. The van der Waals surface area contributed by atoms with Gasteiger partial charge in [0.2, 0.25) is 5.91 Å². The summed E-state index contributed by atoms with van der Waals surface area (Å²) in [5, 5.41) is 0. The van der Waals surface area contributed by atoms with E-state index < -0.39 is 0 Å². The minimum atomic E-state index is 0.210. The van der Waals surface area contributed by atoms with Gasteiger partial charge in [-0.2, -0.15) is 0 Å². The highest BCUT2D eigenvalue weighted by Gasteiger charge is 2.21. The van der Waals surface area contributed by atoms with Gasteiger partial charge < -0.3 is 4.90 Å². The Morgan fingerprint density at radius 2 is 1.75 bits per heavy atom. The Morgan fingerprint density at radius 1 is 1.10 bits per heavy atom. The highest BCUT2D eigenvalue weighted by molar-refractivity contribution is 5.78. The lowest BCUT2D eigenvalue weighted by atomic mass is 9.94. The molecule has 1 amide bonds. The van der Waals surface area contributed by atoms with Crippen LogP contribution in [0.1, 0.15) is 37.7 Å². The molecule has 0 heterocycles. The van der Waals surface area contributed by atoms with Crippen molar-refractivity contribution in [3.8, 4) is 0 Å². The molecule has 1 aromatic rings. The van der Waals surface area contributed by atoms with Gasteiger partial charge in [0.05, 0.1) is 6.54 Å². The summed E-state index contributed by atoms with van der Waals surface area (Å²) in [6.07, 6.45) is 6.46. The molecule has 0 spiro atoms. The molecule has 0 aromatic heterocycles. The van der Waals surface area contributed by atoms with Gasteiger partial charge in [-0.25, -0.2) is 0 Å². The third-order valence-electron chi connectivity index (χ3n) is 4.27. The van der Waals surface area contributed by atoms with E-state index in [2.05, 4.69) is 24.1 Å². The van der Waals surface area contributed by atoms with Crippen molar-refractivity contribution in [2.24, 2.45) is 0 Å². The van der Waals surface area contributed by atoms with Crippen molar-refractivity contribution in [2.45, 2.75) is 44.7 Å². The van der Waals surface area contributed by atoms with Crippen molar-refractivity contribution in [3.63, 3.8) is 0 Å². The maximum atomic E-state index is 12.3. The second-order valence-electron chi connectivity index (χ2n) is 5.94. The molecule has 0 N–H and O–H groups in total. The third kappa shape index (κ3) is 4.34. The zero-order chi connectivity index (χ0) is 14.4. The van der Waals surface area contributed by atoms with Crippen LogP contribution in [-0.2, 0) is 11.3 Å². The van der Waals surface area contributed by atoms with E-state index in [1.165, 1.54) is 37.7 Å². The monoisotopic (exact) mass is 274 g/mol. The summed E-state index contributed by atoms with van der Waals surface area (Å²) in [5.74, 6) is 0.210. The average molecular weight is 274 g/mol. The molecule has 1 aliphatic carbocycles. The van der Waals surface area contributed by atoms with Crippen molar-refractivity contribution < 1.29 is 4.79 Å². The minimum absolute atomic E-state index is 0.210. The van der Waals surface area contributed by atoms with Crippen molar-refractivity contribution in [2.75, 3.05) is 20.6 Å². The van der Waals surface area contributed by atoms with Gasteiger partial charge in [0.1, 0.15) is 0 Å². The van der Waals surface area contributed by atoms with Gasteiger partial charge in [-0.05, 0) is 25.5 Å². The standard InChI is InChI=1S/C17H26N2O/c1-18(16-11-7-4-8-12-16)14-17(20)19(2)13-15-9-5-3-6-10-15/h3,5-6,9-10,16H,4,7-8,11-14H2,1-2H3. The molecule has 1 saturated carbocycles. The molecule has 0 atom stereocenters. The lowest BCUT2D eigenvalue weighted by Gasteiger charge is -2.31. The second-order valence-corrected chi connectivity index (χ2v) is 5.94. The van der Waals surface area contributed by atoms with Crippen LogP contribution >= 0.6 is 0 Å². The molecule has 110 valence electrons. The Kier molecular flexibility index (Phi) is 5.60. The van der Waals surface area contributed by atoms with Gasteiger partial charge in [0, 0.05) is 19.6 Å². The fourth-order valence-corrected chi connectivity index (χ4v) is 2.93. The van der Waals surface area contributed by atoms with Crippen LogP contribution in [0.25, 0.3) is 0 Å². The first-order valence-corrected chi connectivity index (χ1v) is 7.65. The lowest BCUT2D eigenvalue weighted by molar-refractivity contribution is -0.132. The van der Waals surface area contributed by atoms with Crippen molar-refractivity contribution >= 4 is 5.91 Å². The SMILES string of the molecule is CN(Cc1ccccc1)C(=O)CN(C)C1CCCCC1. The summed E-state index contributed by atoms with van der Waals surface area (Å²) in [4.78, 5) is 16.4. The molecule has 1 aromatic carbocycles. The molecular formula is C17H26N2O. The van der Waals surface area contributed by atoms with E-state index in [1.807, 2.05) is 30.1 Å². The van der Waals surface area contributed by atoms with Crippen LogP contribution in [-0.4, -0.2) is 42.4 Å². The number of likely N-dealkylation sites (N-methyl/N-ethyl adjacent to an activating group) is 2. The Balaban J connectivity index is 1.81. The number of amides is 1. The van der Waals surface area contributed by atoms with Crippen molar-refractivity contribution in [3.05, 3.63) is 35.9 Å². The van der Waals surface area contributed by atoms with Crippen LogP contribution < -0.4 is 0 Å². The normalized spacial score (nSPS) is 16.4. The Labute approximate surface area is 122 Å². The average Bonchev–Trinajstić information content (AvgIpc) is 2.49. The van der Waals surface area contributed by atoms with Gasteiger partial charge in [0.25, 0.3) is 0 Å². The molecule has 0 aliphatic heterocycles. The Bertz CT molecular complexity index is 412. The number of carbonyl (C=O) groups is 1. The first-order valence-electron chi connectivity index (χ1n) is 7.65. The number of rotatable bonds is 5. The van der Waals surface area contributed by atoms with Crippen LogP contribution in [0, 0.1) is 0 Å². The lowest BCUT2D eigenvalue weighted by Crippen LogP contribution is -2.41. The Hall–Kier alpha value is -1.35. The summed E-state index contributed by atoms with van der Waals surface area (Å²) < 4.78 is 0. The largest absolute Gasteiger partial charge is 0.340 e. The zero-order valence-electron chi connectivity index (χ0n) is 12.7. The Morgan fingerprint density at radius 3 is 2.40 bits per heavy atom. The molecule has 0 radical (unpaired) electrons. The molecule has 0 bridgehead atoms. The summed E-state index contributed by atoms with van der Waals surface area (Å²) in [6.45, 7) is 1.23. The number of benzene rings is 1. The molecule has 20 heavy (non-hydrogen) atoms. The first-order chi connectivity index (χ1) is 9.66. The summed E-state index contributed by atoms with van der Waals surface area (Å²) in [7, 11) is 3.98. The highest BCUT2D eigenvalue weighted by Crippen LogP contribution is 2.21. The van der Waals surface area contributed by atoms with Gasteiger partial charge >= 0.3 is 0 Å². The van der Waals surface area contributed by atoms with Gasteiger partial charge in [-0.3, -0.25) is 9.69 Å². The van der Waals surface area contributed by atoms with E-state index in [9.17, 15) is 4.79 Å². The van der Waals surface area contributed by atoms with Gasteiger partial charge in [-0.15, -0.1) is 0 Å². The first kappa shape index (κ1) is 15.0. The van der Waals surface area contributed by atoms with E-state index in [4.69, 9.17) is 0 Å². The van der Waals surface area contributed by atoms with E-state index in [0.717, 1.165) is 0 Å². The molecule has 0 unspecified atom stereocenters. The predicted octanol–water partition coefficient (Wildman–Crippen LogP) is 2.91. The molecule has 3 nitrogen and oxygen atoms in total. The summed E-state index contributed by atoms with van der Waals surface area (Å²) in [5.41, 5.74) is 1.18. The predicted molar refractivity (Wildman–Crippen MR) is 82.4 cm³/mol. The minimum Gasteiger partial charge on any atom is -0.340 e. The number of hydrogen-bond donors (Lipinski definition) is 0. The maximum Gasteiger partial charge on any atom is 0.236 e. The van der Waals surface area contributed by atoms with Crippen LogP contribution in [0.4, 0.5) is 0 Å². The molecule has 1 aliphatic rings. The fourth-order valence-electron chi connectivity index (χ4n) is 2.93. The van der Waals surface area contributed by atoms with Gasteiger partial charge in [-0.1, -0.05) is 49.6 Å². The van der Waals surface area contributed by atoms with Crippen LogP contribution in [0.3, 0.4) is 0 Å². The maximum absolute atomic E-state index is 12.3. The number of carbonyl (C=O) groups excluding carboxylic acids is 1. The van der Waals surface area contributed by atoms with E-state index in [1.54, 1.807) is 0 Å². The summed E-state index contributed by atoms with van der Waals surface area (Å²) >= 11 is 0. The fraction of sp³-hybridized carbons (Fsp3) is 0.588. The quantitative estimate of drug-likeness (QED) is 0.824. The second kappa shape index (κ2) is 7.44. The van der Waals surface area contributed by atoms with Crippen molar-refractivity contribution in [1.29, 1.82) is 0 Å². The highest BCUT2D eigenvalue weighted by atomic mass is 16.2. The van der Waals surface area contributed by atoms with Crippen molar-refractivity contribution in [1.82, 2.24) is 9.80 Å².